The molecule has 6 nitrogen and oxygen atoms in total. The number of nitrogens with one attached hydrogen (secondary N) is 2. The van der Waals surface area contributed by atoms with Crippen LogP contribution in [0.3, 0.4) is 0 Å². The molecule has 0 unspecified atom stereocenters. The van der Waals surface area contributed by atoms with Gasteiger partial charge in [-0.3, -0.25) is 19.3 Å². The van der Waals surface area contributed by atoms with Gasteiger partial charge in [-0.25, -0.2) is 0 Å². The predicted molar refractivity (Wildman–Crippen MR) is 110 cm³/mol. The second kappa shape index (κ2) is 8.08. The van der Waals surface area contributed by atoms with E-state index in [2.05, 4.69) is 17.6 Å². The van der Waals surface area contributed by atoms with E-state index in [9.17, 15) is 14.4 Å². The molecule has 0 bridgehead atoms. The Morgan fingerprint density at radius 3 is 2.04 bits per heavy atom. The summed E-state index contributed by atoms with van der Waals surface area (Å²) >= 11 is 0. The van der Waals surface area contributed by atoms with Gasteiger partial charge in [0.15, 0.2) is 0 Å². The van der Waals surface area contributed by atoms with Gasteiger partial charge in [-0.15, -0.1) is 0 Å². The molecule has 3 rings (SSSR count). The normalized spacial score (nSPS) is 13.9. The van der Waals surface area contributed by atoms with Crippen molar-refractivity contribution in [3.8, 4) is 0 Å². The van der Waals surface area contributed by atoms with Crippen LogP contribution in [-0.4, -0.2) is 29.2 Å². The van der Waals surface area contributed by atoms with Gasteiger partial charge in [-0.05, 0) is 48.7 Å². The molecule has 1 aliphatic rings. The number of carbonyl (C=O) groups is 3. The molecule has 6 heteroatoms. The fraction of sp³-hybridized carbons (Fsp3) is 0.227. The van der Waals surface area contributed by atoms with Gasteiger partial charge in [-0.2, -0.15) is 0 Å². The molecule has 28 heavy (non-hydrogen) atoms. The predicted octanol–water partition coefficient (Wildman–Crippen LogP) is 3.42. The first-order chi connectivity index (χ1) is 13.4. The highest BCUT2D eigenvalue weighted by Crippen LogP contribution is 2.31. The summed E-state index contributed by atoms with van der Waals surface area (Å²) in [7, 11) is 0. The van der Waals surface area contributed by atoms with Crippen molar-refractivity contribution in [1.82, 2.24) is 4.90 Å². The molecule has 0 radical (unpaired) electrons. The van der Waals surface area contributed by atoms with Gasteiger partial charge in [0.05, 0.1) is 5.57 Å². The van der Waals surface area contributed by atoms with Crippen LogP contribution in [0.1, 0.15) is 31.9 Å². The largest absolute Gasteiger partial charge is 0.350 e. The number of carbonyl (C=O) groups excluding carboxylic acids is 3. The van der Waals surface area contributed by atoms with E-state index in [0.717, 1.165) is 12.1 Å². The average Bonchev–Trinajstić information content (AvgIpc) is 2.92. The summed E-state index contributed by atoms with van der Waals surface area (Å²) in [6.45, 7) is 5.57. The number of hydrogen-bond donors (Lipinski definition) is 2. The Kier molecular flexibility index (Phi) is 5.59. The Hall–Kier alpha value is -3.41. The Bertz CT molecular complexity index is 944. The van der Waals surface area contributed by atoms with Crippen molar-refractivity contribution < 1.29 is 14.4 Å². The fourth-order valence-corrected chi connectivity index (χ4v) is 3.14. The van der Waals surface area contributed by atoms with Crippen molar-refractivity contribution in [1.29, 1.82) is 0 Å². The second-order valence-corrected chi connectivity index (χ2v) is 6.54. The molecule has 2 aromatic rings. The van der Waals surface area contributed by atoms with Gasteiger partial charge in [0.25, 0.3) is 11.8 Å². The molecule has 0 fully saturated rings. The lowest BCUT2D eigenvalue weighted by Crippen LogP contribution is -2.32. The summed E-state index contributed by atoms with van der Waals surface area (Å²) in [6.07, 6.45) is 0.926. The minimum absolute atomic E-state index is 0.172. The van der Waals surface area contributed by atoms with Crippen LogP contribution in [0.2, 0.25) is 0 Å². The van der Waals surface area contributed by atoms with Crippen LogP contribution >= 0.6 is 0 Å². The van der Waals surface area contributed by atoms with Crippen LogP contribution in [0, 0.1) is 0 Å². The molecule has 1 aliphatic heterocycles. The topological polar surface area (TPSA) is 78.5 Å². The van der Waals surface area contributed by atoms with Crippen LogP contribution in [0.4, 0.5) is 11.4 Å². The maximum Gasteiger partial charge on any atom is 0.278 e. The first kappa shape index (κ1) is 19.4. The third-order valence-electron chi connectivity index (χ3n) is 4.61. The van der Waals surface area contributed by atoms with Gasteiger partial charge < -0.3 is 10.6 Å². The number of likely N-dealkylation sites (N-methyl/N-ethyl adjacent to an activating group) is 1. The van der Waals surface area contributed by atoms with E-state index in [-0.39, 0.29) is 23.4 Å². The summed E-state index contributed by atoms with van der Waals surface area (Å²) < 4.78 is 0. The molecular weight excluding hydrogens is 354 g/mol. The van der Waals surface area contributed by atoms with Gasteiger partial charge >= 0.3 is 0 Å². The van der Waals surface area contributed by atoms with Crippen LogP contribution in [0.25, 0.3) is 5.57 Å². The molecule has 0 spiro atoms. The van der Waals surface area contributed by atoms with Crippen LogP contribution < -0.4 is 10.6 Å². The van der Waals surface area contributed by atoms with E-state index in [1.165, 1.54) is 17.4 Å². The molecule has 0 aliphatic carbocycles. The molecular formula is C22H23N3O3. The molecule has 1 heterocycles. The van der Waals surface area contributed by atoms with Gasteiger partial charge in [-0.1, -0.05) is 31.2 Å². The third kappa shape index (κ3) is 3.81. The van der Waals surface area contributed by atoms with Crippen molar-refractivity contribution in [2.45, 2.75) is 27.2 Å². The first-order valence-electron chi connectivity index (χ1n) is 9.29. The SMILES string of the molecule is CCc1ccc(NC2=C(c3ccc(NC(C)=O)cc3)C(=O)N(CC)C2=O)cc1. The monoisotopic (exact) mass is 377 g/mol. The standard InChI is InChI=1S/C22H23N3O3/c1-4-15-6-10-18(11-7-15)24-20-19(21(27)25(5-2)22(20)28)16-8-12-17(13-9-16)23-14(3)26/h6-13,24H,4-5H2,1-3H3,(H,23,26). The number of hydrogen-bond acceptors (Lipinski definition) is 4. The lowest BCUT2D eigenvalue weighted by molar-refractivity contribution is -0.136. The number of imide groups is 1. The van der Waals surface area contributed by atoms with Crippen molar-refractivity contribution in [2.75, 3.05) is 17.2 Å². The van der Waals surface area contributed by atoms with E-state index >= 15 is 0 Å². The highest BCUT2D eigenvalue weighted by atomic mass is 16.2. The maximum absolute atomic E-state index is 12.8. The Balaban J connectivity index is 1.99. The lowest BCUT2D eigenvalue weighted by atomic mass is 10.0. The van der Waals surface area contributed by atoms with Gasteiger partial charge in [0, 0.05) is 24.8 Å². The Morgan fingerprint density at radius 2 is 1.50 bits per heavy atom. The minimum atomic E-state index is -0.340. The smallest absolute Gasteiger partial charge is 0.278 e. The zero-order chi connectivity index (χ0) is 20.3. The second-order valence-electron chi connectivity index (χ2n) is 6.54. The van der Waals surface area contributed by atoms with Crippen molar-refractivity contribution in [3.05, 3.63) is 65.4 Å². The average molecular weight is 377 g/mol. The number of amides is 3. The number of nitrogens with zero attached hydrogens (tertiary/aromatic N) is 1. The maximum atomic E-state index is 12.8. The van der Waals surface area contributed by atoms with E-state index in [1.807, 2.05) is 24.3 Å². The summed E-state index contributed by atoms with van der Waals surface area (Å²) in [5.74, 6) is -0.838. The van der Waals surface area contributed by atoms with E-state index in [0.29, 0.717) is 23.4 Å². The molecule has 2 aromatic carbocycles. The summed E-state index contributed by atoms with van der Waals surface area (Å²) in [5.41, 5.74) is 3.79. The molecule has 3 amide bonds. The number of aryl methyl sites for hydroxylation is 1. The summed E-state index contributed by atoms with van der Waals surface area (Å²) in [6, 6.07) is 14.7. The Labute approximate surface area is 164 Å². The zero-order valence-electron chi connectivity index (χ0n) is 16.2. The minimum Gasteiger partial charge on any atom is -0.350 e. The first-order valence-corrected chi connectivity index (χ1v) is 9.29. The van der Waals surface area contributed by atoms with Gasteiger partial charge in [0.1, 0.15) is 5.70 Å². The molecule has 0 aromatic heterocycles. The van der Waals surface area contributed by atoms with Crippen molar-refractivity contribution in [3.63, 3.8) is 0 Å². The summed E-state index contributed by atoms with van der Waals surface area (Å²) in [5, 5.41) is 5.82. The van der Waals surface area contributed by atoms with E-state index < -0.39 is 0 Å². The Morgan fingerprint density at radius 1 is 0.893 bits per heavy atom. The fourth-order valence-electron chi connectivity index (χ4n) is 3.14. The van der Waals surface area contributed by atoms with Gasteiger partial charge in [0.2, 0.25) is 5.91 Å². The number of anilines is 2. The molecule has 0 atom stereocenters. The molecule has 0 saturated heterocycles. The zero-order valence-corrected chi connectivity index (χ0v) is 16.2. The van der Waals surface area contributed by atoms with E-state index in [1.54, 1.807) is 31.2 Å². The van der Waals surface area contributed by atoms with Crippen LogP contribution in [-0.2, 0) is 20.8 Å². The number of benzene rings is 2. The highest BCUT2D eigenvalue weighted by Gasteiger charge is 2.38. The van der Waals surface area contributed by atoms with Crippen LogP contribution in [0.15, 0.2) is 54.2 Å². The molecule has 0 saturated carbocycles. The number of rotatable bonds is 6. The lowest BCUT2D eigenvalue weighted by Gasteiger charge is -2.12. The van der Waals surface area contributed by atoms with E-state index in [4.69, 9.17) is 0 Å². The van der Waals surface area contributed by atoms with Crippen molar-refractivity contribution in [2.24, 2.45) is 0 Å². The molecule has 2 N–H and O–H groups in total. The molecule has 144 valence electrons. The third-order valence-corrected chi connectivity index (χ3v) is 4.61. The highest BCUT2D eigenvalue weighted by molar-refractivity contribution is 6.36. The van der Waals surface area contributed by atoms with Crippen LogP contribution in [0.5, 0.6) is 0 Å². The van der Waals surface area contributed by atoms with Crippen molar-refractivity contribution >= 4 is 34.7 Å². The quantitative estimate of drug-likeness (QED) is 0.756. The summed E-state index contributed by atoms with van der Waals surface area (Å²) in [4.78, 5) is 38.1.